The van der Waals surface area contributed by atoms with Gasteiger partial charge in [-0.3, -0.25) is 0 Å². The zero-order valence-corrected chi connectivity index (χ0v) is 11.3. The number of nitrogen functional groups attached to an aromatic ring is 1. The van der Waals surface area contributed by atoms with E-state index >= 15 is 0 Å². The van der Waals surface area contributed by atoms with Crippen LogP contribution in [0, 0.1) is 0 Å². The number of aromatic nitrogens is 1. The molecule has 0 aliphatic carbocycles. The van der Waals surface area contributed by atoms with Gasteiger partial charge in [-0.25, -0.2) is 10.8 Å². The molecule has 0 aliphatic heterocycles. The Labute approximate surface area is 112 Å². The molecule has 1 aromatic carbocycles. The van der Waals surface area contributed by atoms with Crippen molar-refractivity contribution in [3.63, 3.8) is 0 Å². The molecule has 19 heavy (non-hydrogen) atoms. The molecule has 1 aromatic heterocycles. The number of hydrazine groups is 1. The third-order valence-electron chi connectivity index (χ3n) is 2.85. The lowest BCUT2D eigenvalue weighted by Crippen LogP contribution is -2.12. The molecule has 0 fully saturated rings. The number of nitrogens with zero attached hydrogens (tertiary/aromatic N) is 1. The van der Waals surface area contributed by atoms with Crippen molar-refractivity contribution in [3.8, 4) is 5.75 Å². The van der Waals surface area contributed by atoms with E-state index in [1.54, 1.807) is 7.11 Å². The average Bonchev–Trinajstić information content (AvgIpc) is 2.46. The molecule has 0 atom stereocenters. The third kappa shape index (κ3) is 3.13. The van der Waals surface area contributed by atoms with Crippen LogP contribution in [0.25, 0.3) is 10.9 Å². The Morgan fingerprint density at radius 1 is 1.32 bits per heavy atom. The molecule has 0 unspecified atom stereocenters. The minimum Gasteiger partial charge on any atom is -0.497 e. The van der Waals surface area contributed by atoms with Crippen molar-refractivity contribution in [2.45, 2.75) is 20.0 Å². The molecule has 102 valence electrons. The van der Waals surface area contributed by atoms with Crippen LogP contribution in [0.15, 0.2) is 24.3 Å². The van der Waals surface area contributed by atoms with Crippen LogP contribution in [0.5, 0.6) is 5.75 Å². The second-order valence-electron chi connectivity index (χ2n) is 4.25. The lowest BCUT2D eigenvalue weighted by Gasteiger charge is -2.11. The highest BCUT2D eigenvalue weighted by Gasteiger charge is 2.07. The molecule has 3 N–H and O–H groups in total. The van der Waals surface area contributed by atoms with Gasteiger partial charge in [-0.05, 0) is 24.6 Å². The maximum atomic E-state index is 5.54. The fourth-order valence-corrected chi connectivity index (χ4v) is 1.88. The van der Waals surface area contributed by atoms with Crippen LogP contribution in [0.2, 0.25) is 0 Å². The van der Waals surface area contributed by atoms with E-state index in [-0.39, 0.29) is 0 Å². The van der Waals surface area contributed by atoms with E-state index in [0.29, 0.717) is 12.4 Å². The SMILES string of the molecule is CCCOCc1cc2ccc(OC)cc2nc1NN. The maximum Gasteiger partial charge on any atom is 0.146 e. The Balaban J connectivity index is 2.35. The van der Waals surface area contributed by atoms with Crippen molar-refractivity contribution in [2.75, 3.05) is 19.1 Å². The number of pyridine rings is 1. The predicted molar refractivity (Wildman–Crippen MR) is 76.1 cm³/mol. The van der Waals surface area contributed by atoms with Gasteiger partial charge in [0.05, 0.1) is 19.2 Å². The molecule has 5 heteroatoms. The van der Waals surface area contributed by atoms with Gasteiger partial charge in [-0.1, -0.05) is 6.92 Å². The average molecular weight is 261 g/mol. The van der Waals surface area contributed by atoms with Gasteiger partial charge in [-0.2, -0.15) is 0 Å². The molecular weight excluding hydrogens is 242 g/mol. The van der Waals surface area contributed by atoms with Crippen molar-refractivity contribution in [2.24, 2.45) is 5.84 Å². The molecule has 0 radical (unpaired) electrons. The van der Waals surface area contributed by atoms with E-state index in [2.05, 4.69) is 17.3 Å². The van der Waals surface area contributed by atoms with Crippen LogP contribution in [0.1, 0.15) is 18.9 Å². The van der Waals surface area contributed by atoms with E-state index < -0.39 is 0 Å². The highest BCUT2D eigenvalue weighted by atomic mass is 16.5. The van der Waals surface area contributed by atoms with Crippen molar-refractivity contribution < 1.29 is 9.47 Å². The molecule has 0 amide bonds. The summed E-state index contributed by atoms with van der Waals surface area (Å²) < 4.78 is 10.7. The molecule has 0 aliphatic rings. The van der Waals surface area contributed by atoms with Crippen LogP contribution in [0.3, 0.4) is 0 Å². The molecule has 5 nitrogen and oxygen atoms in total. The molecule has 0 saturated heterocycles. The zero-order valence-electron chi connectivity index (χ0n) is 11.3. The van der Waals surface area contributed by atoms with Crippen LogP contribution in [-0.2, 0) is 11.3 Å². The van der Waals surface area contributed by atoms with Gasteiger partial charge in [0.15, 0.2) is 0 Å². The van der Waals surface area contributed by atoms with Crippen molar-refractivity contribution in [1.82, 2.24) is 4.98 Å². The normalized spacial score (nSPS) is 10.7. The molecule has 2 rings (SSSR count). The lowest BCUT2D eigenvalue weighted by molar-refractivity contribution is 0.122. The second kappa shape index (κ2) is 6.36. The monoisotopic (exact) mass is 261 g/mol. The number of fused-ring (bicyclic) bond motifs is 1. The number of hydrogen-bond donors (Lipinski definition) is 2. The zero-order chi connectivity index (χ0) is 13.7. The summed E-state index contributed by atoms with van der Waals surface area (Å²) in [4.78, 5) is 4.48. The Morgan fingerprint density at radius 3 is 2.84 bits per heavy atom. The largest absolute Gasteiger partial charge is 0.497 e. The van der Waals surface area contributed by atoms with E-state index in [9.17, 15) is 0 Å². The Hall–Kier alpha value is -1.85. The van der Waals surface area contributed by atoms with Crippen LogP contribution < -0.4 is 16.0 Å². The Bertz CT molecular complexity index is 558. The highest BCUT2D eigenvalue weighted by molar-refractivity contribution is 5.83. The predicted octanol–water partition coefficient (Wildman–Crippen LogP) is 2.46. The first-order chi connectivity index (χ1) is 9.28. The third-order valence-corrected chi connectivity index (χ3v) is 2.85. The van der Waals surface area contributed by atoms with Crippen molar-refractivity contribution in [1.29, 1.82) is 0 Å². The number of ether oxygens (including phenoxy) is 2. The summed E-state index contributed by atoms with van der Waals surface area (Å²) in [5, 5.41) is 1.04. The molecular formula is C14H19N3O2. The number of rotatable bonds is 6. The Morgan fingerprint density at radius 2 is 2.16 bits per heavy atom. The smallest absolute Gasteiger partial charge is 0.146 e. The van der Waals surface area contributed by atoms with E-state index in [4.69, 9.17) is 15.3 Å². The van der Waals surface area contributed by atoms with Gasteiger partial charge in [-0.15, -0.1) is 0 Å². The molecule has 0 spiro atoms. The molecule has 1 heterocycles. The molecule has 0 saturated carbocycles. The second-order valence-corrected chi connectivity index (χ2v) is 4.25. The van der Waals surface area contributed by atoms with Crippen molar-refractivity contribution in [3.05, 3.63) is 29.8 Å². The van der Waals surface area contributed by atoms with E-state index in [1.807, 2.05) is 24.3 Å². The van der Waals surface area contributed by atoms with Gasteiger partial charge < -0.3 is 14.9 Å². The first kappa shape index (κ1) is 13.6. The fourth-order valence-electron chi connectivity index (χ4n) is 1.88. The van der Waals surface area contributed by atoms with E-state index in [0.717, 1.165) is 35.2 Å². The van der Waals surface area contributed by atoms with Gasteiger partial charge >= 0.3 is 0 Å². The number of nitrogens with one attached hydrogen (secondary N) is 1. The topological polar surface area (TPSA) is 69.4 Å². The summed E-state index contributed by atoms with van der Waals surface area (Å²) >= 11 is 0. The number of hydrogen-bond acceptors (Lipinski definition) is 5. The maximum absolute atomic E-state index is 5.54. The Kier molecular flexibility index (Phi) is 4.54. The van der Waals surface area contributed by atoms with Gasteiger partial charge in [0.1, 0.15) is 11.6 Å². The van der Waals surface area contributed by atoms with Gasteiger partial charge in [0.2, 0.25) is 0 Å². The standard InChI is InChI=1S/C14H19N3O2/c1-3-6-19-9-11-7-10-4-5-12(18-2)8-13(10)16-14(11)17-15/h4-5,7-8H,3,6,9,15H2,1-2H3,(H,16,17). The number of nitrogens with two attached hydrogens (primary N) is 1. The minimum atomic E-state index is 0.502. The number of methoxy groups -OCH3 is 1. The van der Waals surface area contributed by atoms with Gasteiger partial charge in [0.25, 0.3) is 0 Å². The number of benzene rings is 1. The quantitative estimate of drug-likeness (QED) is 0.475. The summed E-state index contributed by atoms with van der Waals surface area (Å²) in [6, 6.07) is 7.81. The summed E-state index contributed by atoms with van der Waals surface area (Å²) in [5.74, 6) is 6.93. The lowest BCUT2D eigenvalue weighted by atomic mass is 10.1. The first-order valence-electron chi connectivity index (χ1n) is 6.30. The summed E-state index contributed by atoms with van der Waals surface area (Å²) in [6.07, 6.45) is 0.990. The number of anilines is 1. The first-order valence-corrected chi connectivity index (χ1v) is 6.30. The van der Waals surface area contributed by atoms with Crippen LogP contribution in [0.4, 0.5) is 5.82 Å². The van der Waals surface area contributed by atoms with Gasteiger partial charge in [0, 0.05) is 23.6 Å². The summed E-state index contributed by atoms with van der Waals surface area (Å²) in [6.45, 7) is 3.31. The summed E-state index contributed by atoms with van der Waals surface area (Å²) in [5.41, 5.74) is 4.41. The van der Waals surface area contributed by atoms with E-state index in [1.165, 1.54) is 0 Å². The summed E-state index contributed by atoms with van der Waals surface area (Å²) in [7, 11) is 1.64. The minimum absolute atomic E-state index is 0.502. The molecule has 0 bridgehead atoms. The van der Waals surface area contributed by atoms with Crippen molar-refractivity contribution >= 4 is 16.7 Å². The van der Waals surface area contributed by atoms with Crippen LogP contribution in [-0.4, -0.2) is 18.7 Å². The van der Waals surface area contributed by atoms with Crippen LogP contribution >= 0.6 is 0 Å². The fraction of sp³-hybridized carbons (Fsp3) is 0.357. The highest BCUT2D eigenvalue weighted by Crippen LogP contribution is 2.24. The molecule has 2 aromatic rings.